The number of halogens is 1. The van der Waals surface area contributed by atoms with Crippen LogP contribution < -0.4 is 5.32 Å². The van der Waals surface area contributed by atoms with Crippen LogP contribution >= 0.6 is 22.9 Å². The third-order valence-corrected chi connectivity index (χ3v) is 3.66. The Balaban J connectivity index is 2.30. The quantitative estimate of drug-likeness (QED) is 0.900. The zero-order valence-electron chi connectivity index (χ0n) is 10.0. The van der Waals surface area contributed by atoms with Crippen molar-refractivity contribution in [1.29, 1.82) is 0 Å². The van der Waals surface area contributed by atoms with Crippen molar-refractivity contribution in [3.63, 3.8) is 0 Å². The molecule has 0 aliphatic rings. The molecule has 1 atom stereocenters. The Morgan fingerprint density at radius 1 is 1.28 bits per heavy atom. The summed E-state index contributed by atoms with van der Waals surface area (Å²) < 4.78 is 0. The fourth-order valence-electron chi connectivity index (χ4n) is 1.72. The Hall–Kier alpha value is -1.32. The van der Waals surface area contributed by atoms with Crippen LogP contribution in [0.5, 0.6) is 0 Å². The van der Waals surface area contributed by atoms with Gasteiger partial charge >= 0.3 is 0 Å². The number of nitrogens with one attached hydrogen (secondary N) is 1. The molecule has 0 unspecified atom stereocenters. The summed E-state index contributed by atoms with van der Waals surface area (Å²) in [6, 6.07) is 9.50. The maximum absolute atomic E-state index is 11.6. The second-order valence-electron chi connectivity index (χ2n) is 3.96. The summed E-state index contributed by atoms with van der Waals surface area (Å²) in [6.07, 6.45) is 0.480. The number of rotatable bonds is 4. The molecular formula is C14H14ClNOS. The Morgan fingerprint density at radius 2 is 2.00 bits per heavy atom. The summed E-state index contributed by atoms with van der Waals surface area (Å²) in [6.45, 7) is 1.85. The van der Waals surface area contributed by atoms with Crippen LogP contribution in [0, 0.1) is 0 Å². The van der Waals surface area contributed by atoms with Crippen molar-refractivity contribution in [2.75, 3.05) is 0 Å². The van der Waals surface area contributed by atoms with Gasteiger partial charge in [0, 0.05) is 11.4 Å². The molecule has 1 aromatic heterocycles. The maximum atomic E-state index is 11.6. The molecule has 2 rings (SSSR count). The van der Waals surface area contributed by atoms with Gasteiger partial charge in [0.1, 0.15) is 0 Å². The van der Waals surface area contributed by atoms with Gasteiger partial charge in [0.25, 0.3) is 0 Å². The van der Waals surface area contributed by atoms with Crippen molar-refractivity contribution in [3.8, 4) is 0 Å². The lowest BCUT2D eigenvalue weighted by Crippen LogP contribution is -2.28. The Morgan fingerprint density at radius 3 is 2.56 bits per heavy atom. The monoisotopic (exact) mass is 279 g/mol. The minimum atomic E-state index is -0.0963. The van der Waals surface area contributed by atoms with Gasteiger partial charge in [0.15, 0.2) is 0 Å². The van der Waals surface area contributed by atoms with Crippen molar-refractivity contribution in [2.24, 2.45) is 0 Å². The van der Waals surface area contributed by atoms with Gasteiger partial charge in [-0.2, -0.15) is 11.3 Å². The summed E-state index contributed by atoms with van der Waals surface area (Å²) in [4.78, 5) is 11.6. The summed E-state index contributed by atoms with van der Waals surface area (Å²) in [5.74, 6) is 0.0427. The van der Waals surface area contributed by atoms with Gasteiger partial charge in [-0.25, -0.2) is 0 Å². The number of hydrogen-bond acceptors (Lipinski definition) is 2. The molecule has 0 aliphatic carbocycles. The van der Waals surface area contributed by atoms with Crippen LogP contribution in [0.1, 0.15) is 30.5 Å². The predicted octanol–water partition coefficient (Wildman–Crippen LogP) is 4.02. The van der Waals surface area contributed by atoms with Crippen LogP contribution in [0.25, 0.3) is 0 Å². The van der Waals surface area contributed by atoms with Crippen molar-refractivity contribution < 1.29 is 4.79 Å². The van der Waals surface area contributed by atoms with Gasteiger partial charge < -0.3 is 5.32 Å². The molecule has 0 bridgehead atoms. The SMILES string of the molecule is CCC(=O)N[C@@H](c1ccc(Cl)cc1)c1ccsc1. The first kappa shape index (κ1) is 13.1. The Kier molecular flexibility index (Phi) is 4.39. The highest BCUT2D eigenvalue weighted by Crippen LogP contribution is 2.25. The highest BCUT2D eigenvalue weighted by molar-refractivity contribution is 7.08. The van der Waals surface area contributed by atoms with E-state index in [0.717, 1.165) is 11.1 Å². The zero-order valence-corrected chi connectivity index (χ0v) is 11.6. The fraction of sp³-hybridized carbons (Fsp3) is 0.214. The molecule has 2 aromatic rings. The van der Waals surface area contributed by atoms with Gasteiger partial charge in [0.2, 0.25) is 5.91 Å². The number of thiophene rings is 1. The van der Waals surface area contributed by atoms with Crippen LogP contribution in [-0.4, -0.2) is 5.91 Å². The van der Waals surface area contributed by atoms with Crippen LogP contribution in [0.4, 0.5) is 0 Å². The summed E-state index contributed by atoms with van der Waals surface area (Å²) >= 11 is 7.51. The number of hydrogen-bond donors (Lipinski definition) is 1. The van der Waals surface area contributed by atoms with Crippen LogP contribution in [0.3, 0.4) is 0 Å². The van der Waals surface area contributed by atoms with E-state index in [1.165, 1.54) is 0 Å². The van der Waals surface area contributed by atoms with Crippen LogP contribution in [-0.2, 0) is 4.79 Å². The summed E-state index contributed by atoms with van der Waals surface area (Å²) in [5, 5.41) is 7.79. The van der Waals surface area contributed by atoms with Gasteiger partial charge in [-0.3, -0.25) is 4.79 Å². The minimum Gasteiger partial charge on any atom is -0.345 e. The summed E-state index contributed by atoms with van der Waals surface area (Å²) in [5.41, 5.74) is 2.14. The van der Waals surface area contributed by atoms with E-state index in [9.17, 15) is 4.79 Å². The molecule has 1 heterocycles. The Bertz CT molecular complexity index is 507. The van der Waals surface area contributed by atoms with Gasteiger partial charge in [-0.05, 0) is 40.1 Å². The number of carbonyl (C=O) groups excluding carboxylic acids is 1. The highest BCUT2D eigenvalue weighted by atomic mass is 35.5. The van der Waals surface area contributed by atoms with Gasteiger partial charge in [-0.1, -0.05) is 30.7 Å². The molecule has 2 nitrogen and oxygen atoms in total. The largest absolute Gasteiger partial charge is 0.345 e. The normalized spacial score (nSPS) is 12.1. The third kappa shape index (κ3) is 3.12. The van der Waals surface area contributed by atoms with Gasteiger partial charge in [0.05, 0.1) is 6.04 Å². The molecular weight excluding hydrogens is 266 g/mol. The van der Waals surface area contributed by atoms with E-state index >= 15 is 0 Å². The smallest absolute Gasteiger partial charge is 0.220 e. The maximum Gasteiger partial charge on any atom is 0.220 e. The lowest BCUT2D eigenvalue weighted by atomic mass is 10.0. The number of carbonyl (C=O) groups is 1. The second kappa shape index (κ2) is 6.03. The Labute approximate surface area is 116 Å². The van der Waals surface area contributed by atoms with E-state index < -0.39 is 0 Å². The van der Waals surface area contributed by atoms with E-state index in [-0.39, 0.29) is 11.9 Å². The standard InChI is InChI=1S/C14H14ClNOS/c1-2-13(17)16-14(11-7-8-18-9-11)10-3-5-12(15)6-4-10/h3-9,14H,2H2,1H3,(H,16,17)/t14-/m0/s1. The van der Waals surface area contributed by atoms with Crippen molar-refractivity contribution in [3.05, 3.63) is 57.2 Å². The van der Waals surface area contributed by atoms with Gasteiger partial charge in [-0.15, -0.1) is 0 Å². The highest BCUT2D eigenvalue weighted by Gasteiger charge is 2.16. The van der Waals surface area contributed by atoms with Crippen LogP contribution in [0.2, 0.25) is 5.02 Å². The van der Waals surface area contributed by atoms with E-state index in [0.29, 0.717) is 11.4 Å². The molecule has 4 heteroatoms. The lowest BCUT2D eigenvalue weighted by Gasteiger charge is -2.18. The van der Waals surface area contributed by atoms with E-state index in [1.54, 1.807) is 11.3 Å². The molecule has 0 radical (unpaired) electrons. The van der Waals surface area contributed by atoms with Crippen LogP contribution in [0.15, 0.2) is 41.1 Å². The van der Waals surface area contributed by atoms with Crippen molar-refractivity contribution >= 4 is 28.8 Å². The number of benzene rings is 1. The first-order chi connectivity index (χ1) is 8.70. The molecule has 0 saturated heterocycles. The molecule has 0 aliphatic heterocycles. The average molecular weight is 280 g/mol. The molecule has 1 N–H and O–H groups in total. The zero-order chi connectivity index (χ0) is 13.0. The second-order valence-corrected chi connectivity index (χ2v) is 5.18. The minimum absolute atomic E-state index is 0.0427. The lowest BCUT2D eigenvalue weighted by molar-refractivity contribution is -0.121. The van der Waals surface area contributed by atoms with Crippen molar-refractivity contribution in [1.82, 2.24) is 5.32 Å². The molecule has 1 aromatic carbocycles. The van der Waals surface area contributed by atoms with E-state index in [4.69, 9.17) is 11.6 Å². The fourth-order valence-corrected chi connectivity index (χ4v) is 2.53. The number of amides is 1. The molecule has 0 saturated carbocycles. The predicted molar refractivity (Wildman–Crippen MR) is 76.0 cm³/mol. The average Bonchev–Trinajstić information content (AvgIpc) is 2.90. The topological polar surface area (TPSA) is 29.1 Å². The molecule has 1 amide bonds. The molecule has 0 spiro atoms. The third-order valence-electron chi connectivity index (χ3n) is 2.71. The summed E-state index contributed by atoms with van der Waals surface area (Å²) in [7, 11) is 0. The first-order valence-corrected chi connectivity index (χ1v) is 7.09. The molecule has 0 fully saturated rings. The van der Waals surface area contributed by atoms with E-state index in [1.807, 2.05) is 42.6 Å². The van der Waals surface area contributed by atoms with Crippen molar-refractivity contribution in [2.45, 2.75) is 19.4 Å². The first-order valence-electron chi connectivity index (χ1n) is 5.77. The van der Waals surface area contributed by atoms with E-state index in [2.05, 4.69) is 10.7 Å². The molecule has 18 heavy (non-hydrogen) atoms. The molecule has 94 valence electrons.